The summed E-state index contributed by atoms with van der Waals surface area (Å²) in [5, 5.41) is 0. The summed E-state index contributed by atoms with van der Waals surface area (Å²) in [6.45, 7) is 5.15. The molecule has 1 aliphatic rings. The summed E-state index contributed by atoms with van der Waals surface area (Å²) in [5.74, 6) is -0.699. The molecule has 2 heterocycles. The van der Waals surface area contributed by atoms with Crippen molar-refractivity contribution in [3.05, 3.63) is 71.3 Å². The molecule has 0 atom stereocenters. The monoisotopic (exact) mass is 444 g/mol. The summed E-state index contributed by atoms with van der Waals surface area (Å²) in [5.41, 5.74) is 7.39. The van der Waals surface area contributed by atoms with Crippen molar-refractivity contribution < 1.29 is 22.7 Å². The molecule has 1 amide bonds. The molecule has 0 aliphatic carbocycles. The van der Waals surface area contributed by atoms with Crippen LogP contribution in [0.5, 0.6) is 0 Å². The van der Waals surface area contributed by atoms with Gasteiger partial charge >= 0.3 is 6.18 Å². The van der Waals surface area contributed by atoms with Gasteiger partial charge in [-0.1, -0.05) is 6.07 Å². The number of imidazole rings is 1. The molecule has 0 saturated carbocycles. The fourth-order valence-electron chi connectivity index (χ4n) is 3.80. The first kappa shape index (κ1) is 22.0. The molecule has 1 aromatic heterocycles. The molecule has 1 saturated heterocycles. The van der Waals surface area contributed by atoms with E-state index in [-0.39, 0.29) is 11.1 Å². The molecule has 1 fully saturated rings. The van der Waals surface area contributed by atoms with E-state index in [1.165, 1.54) is 10.9 Å². The van der Waals surface area contributed by atoms with Crippen molar-refractivity contribution in [3.8, 4) is 16.8 Å². The molecule has 2 aromatic carbocycles. The number of ether oxygens (including phenoxy) is 1. The maximum atomic E-state index is 13.7. The molecule has 6 nitrogen and oxygen atoms in total. The van der Waals surface area contributed by atoms with Crippen LogP contribution in [0.15, 0.2) is 48.9 Å². The minimum absolute atomic E-state index is 0.169. The van der Waals surface area contributed by atoms with Gasteiger partial charge < -0.3 is 15.0 Å². The van der Waals surface area contributed by atoms with Crippen LogP contribution in [0, 0.1) is 6.92 Å². The number of alkyl halides is 3. The van der Waals surface area contributed by atoms with Crippen molar-refractivity contribution in [1.82, 2.24) is 14.5 Å². The summed E-state index contributed by atoms with van der Waals surface area (Å²) in [7, 11) is 0. The topological polar surface area (TPSA) is 73.4 Å². The summed E-state index contributed by atoms with van der Waals surface area (Å²) in [6.07, 6.45) is -1.46. The number of nitrogens with two attached hydrogens (primary N) is 1. The lowest BCUT2D eigenvalue weighted by molar-refractivity contribution is -0.137. The lowest BCUT2D eigenvalue weighted by atomic mass is 9.94. The molecular weight excluding hydrogens is 421 g/mol. The minimum Gasteiger partial charge on any atom is -0.379 e. The predicted octanol–water partition coefficient (Wildman–Crippen LogP) is 3.80. The molecule has 0 spiro atoms. The Kier molecular flexibility index (Phi) is 6.03. The Morgan fingerprint density at radius 2 is 1.91 bits per heavy atom. The zero-order chi connectivity index (χ0) is 22.9. The quantitative estimate of drug-likeness (QED) is 0.650. The van der Waals surface area contributed by atoms with Crippen LogP contribution >= 0.6 is 0 Å². The van der Waals surface area contributed by atoms with Crippen LogP contribution in [0.3, 0.4) is 0 Å². The van der Waals surface area contributed by atoms with E-state index in [9.17, 15) is 18.0 Å². The van der Waals surface area contributed by atoms with Crippen molar-refractivity contribution in [2.24, 2.45) is 5.73 Å². The number of halogens is 3. The number of amides is 1. The summed E-state index contributed by atoms with van der Waals surface area (Å²) in [4.78, 5) is 18.4. The number of morpholine rings is 1. The van der Waals surface area contributed by atoms with E-state index in [4.69, 9.17) is 10.5 Å². The molecule has 0 bridgehead atoms. The second-order valence-electron chi connectivity index (χ2n) is 7.82. The number of hydrogen-bond acceptors (Lipinski definition) is 4. The number of primary amides is 1. The fourth-order valence-corrected chi connectivity index (χ4v) is 3.80. The van der Waals surface area contributed by atoms with E-state index in [0.717, 1.165) is 30.8 Å². The highest BCUT2D eigenvalue weighted by Gasteiger charge is 2.32. The molecule has 0 radical (unpaired) electrons. The van der Waals surface area contributed by atoms with Gasteiger partial charge in [-0.05, 0) is 53.9 Å². The number of carbonyl (C=O) groups is 1. The van der Waals surface area contributed by atoms with Crippen LogP contribution in [-0.4, -0.2) is 46.7 Å². The van der Waals surface area contributed by atoms with Gasteiger partial charge in [-0.3, -0.25) is 9.69 Å². The predicted molar refractivity (Wildman–Crippen MR) is 113 cm³/mol. The van der Waals surface area contributed by atoms with E-state index < -0.39 is 17.6 Å². The Bertz CT molecular complexity index is 1130. The molecule has 9 heteroatoms. The average Bonchev–Trinajstić information content (AvgIpc) is 3.20. The van der Waals surface area contributed by atoms with Crippen LogP contribution in [0.2, 0.25) is 0 Å². The highest BCUT2D eigenvalue weighted by atomic mass is 19.4. The van der Waals surface area contributed by atoms with Crippen molar-refractivity contribution in [1.29, 1.82) is 0 Å². The van der Waals surface area contributed by atoms with Crippen molar-refractivity contribution in [2.75, 3.05) is 26.3 Å². The largest absolute Gasteiger partial charge is 0.416 e. The molecule has 32 heavy (non-hydrogen) atoms. The van der Waals surface area contributed by atoms with Crippen molar-refractivity contribution in [2.45, 2.75) is 19.6 Å². The number of rotatable bonds is 5. The molecule has 1 aliphatic heterocycles. The van der Waals surface area contributed by atoms with Crippen LogP contribution in [0.25, 0.3) is 16.8 Å². The highest BCUT2D eigenvalue weighted by Crippen LogP contribution is 2.36. The first-order valence-electron chi connectivity index (χ1n) is 10.2. The zero-order valence-electron chi connectivity index (χ0n) is 17.5. The standard InChI is InChI=1S/C23H23F3N4O2/c1-15-12-30(14-28-15)19-10-17(9-18(11-19)23(24,25)26)21-8-16(2-3-20(21)22(27)31)13-29-4-6-32-7-5-29/h2-3,8-12,14H,4-7,13H2,1H3,(H2,27,31). The molecule has 168 valence electrons. The van der Waals surface area contributed by atoms with Gasteiger partial charge in [0, 0.05) is 37.1 Å². The third-order valence-corrected chi connectivity index (χ3v) is 5.43. The Balaban J connectivity index is 1.82. The van der Waals surface area contributed by atoms with E-state index in [1.54, 1.807) is 37.4 Å². The lowest BCUT2D eigenvalue weighted by Gasteiger charge is -2.27. The van der Waals surface area contributed by atoms with Crippen LogP contribution in [0.4, 0.5) is 13.2 Å². The van der Waals surface area contributed by atoms with Crippen LogP contribution in [0.1, 0.15) is 27.2 Å². The number of carbonyl (C=O) groups excluding carboxylic acids is 1. The number of nitrogens with zero attached hydrogens (tertiary/aromatic N) is 3. The van der Waals surface area contributed by atoms with Gasteiger partial charge in [-0.15, -0.1) is 0 Å². The first-order chi connectivity index (χ1) is 15.2. The highest BCUT2D eigenvalue weighted by molar-refractivity contribution is 6.00. The fraction of sp³-hybridized carbons (Fsp3) is 0.304. The molecule has 2 N–H and O–H groups in total. The Morgan fingerprint density at radius 1 is 1.16 bits per heavy atom. The first-order valence-corrected chi connectivity index (χ1v) is 10.2. The van der Waals surface area contributed by atoms with E-state index in [0.29, 0.717) is 36.7 Å². The van der Waals surface area contributed by atoms with Gasteiger partial charge in [0.2, 0.25) is 5.91 Å². The Morgan fingerprint density at radius 3 is 2.53 bits per heavy atom. The van der Waals surface area contributed by atoms with E-state index >= 15 is 0 Å². The van der Waals surface area contributed by atoms with Gasteiger partial charge in [-0.25, -0.2) is 4.98 Å². The number of aromatic nitrogens is 2. The summed E-state index contributed by atoms with van der Waals surface area (Å²) >= 11 is 0. The van der Waals surface area contributed by atoms with Crippen LogP contribution in [-0.2, 0) is 17.5 Å². The molecule has 3 aromatic rings. The van der Waals surface area contributed by atoms with Gasteiger partial charge in [0.05, 0.1) is 30.8 Å². The number of benzene rings is 2. The minimum atomic E-state index is -4.56. The van der Waals surface area contributed by atoms with Crippen LogP contribution < -0.4 is 5.73 Å². The molecule has 4 rings (SSSR count). The van der Waals surface area contributed by atoms with E-state index in [1.807, 2.05) is 0 Å². The van der Waals surface area contributed by atoms with Gasteiger partial charge in [0.15, 0.2) is 0 Å². The Hall–Kier alpha value is -3.17. The third kappa shape index (κ3) is 4.84. The van der Waals surface area contributed by atoms with Gasteiger partial charge in [0.25, 0.3) is 0 Å². The maximum Gasteiger partial charge on any atom is 0.416 e. The second kappa shape index (κ2) is 8.76. The smallest absolute Gasteiger partial charge is 0.379 e. The van der Waals surface area contributed by atoms with Crippen molar-refractivity contribution in [3.63, 3.8) is 0 Å². The lowest BCUT2D eigenvalue weighted by Crippen LogP contribution is -2.35. The Labute approximate surface area is 183 Å². The average molecular weight is 444 g/mol. The van der Waals surface area contributed by atoms with Crippen molar-refractivity contribution >= 4 is 5.91 Å². The normalized spacial score (nSPS) is 15.1. The van der Waals surface area contributed by atoms with E-state index in [2.05, 4.69) is 9.88 Å². The number of aryl methyl sites for hydroxylation is 1. The van der Waals surface area contributed by atoms with Gasteiger partial charge in [0.1, 0.15) is 0 Å². The SMILES string of the molecule is Cc1cn(-c2cc(-c3cc(CN4CCOCC4)ccc3C(N)=O)cc(C(F)(F)F)c2)cn1. The molecule has 0 unspecified atom stereocenters. The third-order valence-electron chi connectivity index (χ3n) is 5.43. The zero-order valence-corrected chi connectivity index (χ0v) is 17.5. The summed E-state index contributed by atoms with van der Waals surface area (Å²) in [6, 6.07) is 8.83. The van der Waals surface area contributed by atoms with Gasteiger partial charge in [-0.2, -0.15) is 13.2 Å². The maximum absolute atomic E-state index is 13.7. The number of hydrogen-bond donors (Lipinski definition) is 1. The second-order valence-corrected chi connectivity index (χ2v) is 7.82. The summed E-state index contributed by atoms with van der Waals surface area (Å²) < 4.78 is 48.0. The molecular formula is C23H23F3N4O2.